The van der Waals surface area contributed by atoms with Crippen molar-refractivity contribution in [3.8, 4) is 11.5 Å². The Morgan fingerprint density at radius 2 is 1.53 bits per heavy atom. The maximum Gasteiger partial charge on any atom is 0.318 e. The van der Waals surface area contributed by atoms with Crippen molar-refractivity contribution in [2.45, 2.75) is 25.4 Å². The largest absolute Gasteiger partial charge is 0.457 e. The van der Waals surface area contributed by atoms with Crippen LogP contribution in [0.4, 0.5) is 5.69 Å². The zero-order valence-corrected chi connectivity index (χ0v) is 16.6. The van der Waals surface area contributed by atoms with Crippen molar-refractivity contribution in [1.82, 2.24) is 0 Å². The van der Waals surface area contributed by atoms with Crippen molar-refractivity contribution >= 4 is 17.6 Å². The van der Waals surface area contributed by atoms with Crippen LogP contribution in [0.5, 0.6) is 11.5 Å². The fourth-order valence-electron chi connectivity index (χ4n) is 4.24. The molecule has 5 heteroatoms. The highest BCUT2D eigenvalue weighted by atomic mass is 16.5. The molecule has 0 bridgehead atoms. The van der Waals surface area contributed by atoms with Gasteiger partial charge < -0.3 is 14.4 Å². The molecule has 0 saturated heterocycles. The Morgan fingerprint density at radius 3 is 2.23 bits per heavy atom. The molecule has 5 rings (SSSR count). The van der Waals surface area contributed by atoms with Crippen molar-refractivity contribution in [3.05, 3.63) is 89.5 Å². The summed E-state index contributed by atoms with van der Waals surface area (Å²) in [5.74, 6) is -0.0306. The summed E-state index contributed by atoms with van der Waals surface area (Å²) in [6, 6.07) is 22.7. The van der Waals surface area contributed by atoms with E-state index in [4.69, 9.17) is 9.47 Å². The summed E-state index contributed by atoms with van der Waals surface area (Å²) >= 11 is 0. The Hall–Kier alpha value is -3.60. The molecular weight excluding hydrogens is 378 g/mol. The van der Waals surface area contributed by atoms with E-state index in [1.807, 2.05) is 72.8 Å². The lowest BCUT2D eigenvalue weighted by Crippen LogP contribution is -2.40. The molecule has 3 aromatic rings. The SMILES string of the molecule is C[C@H](OC(=O)C1c2ccccc2Oc2ccccc21)C(=O)N1CCc2ccccc21. The Balaban J connectivity index is 1.40. The van der Waals surface area contributed by atoms with Gasteiger partial charge in [-0.25, -0.2) is 0 Å². The van der Waals surface area contributed by atoms with Gasteiger partial charge in [-0.05, 0) is 37.1 Å². The minimum absolute atomic E-state index is 0.207. The molecule has 1 amide bonds. The van der Waals surface area contributed by atoms with Crippen LogP contribution in [0.1, 0.15) is 29.5 Å². The van der Waals surface area contributed by atoms with Crippen LogP contribution in [0.15, 0.2) is 72.8 Å². The van der Waals surface area contributed by atoms with Crippen molar-refractivity contribution in [2.75, 3.05) is 11.4 Å². The lowest BCUT2D eigenvalue weighted by Gasteiger charge is -2.28. The number of hydrogen-bond acceptors (Lipinski definition) is 4. The van der Waals surface area contributed by atoms with Crippen LogP contribution in [0.25, 0.3) is 0 Å². The van der Waals surface area contributed by atoms with E-state index in [-0.39, 0.29) is 5.91 Å². The number of fused-ring (bicyclic) bond motifs is 3. The van der Waals surface area contributed by atoms with Gasteiger partial charge in [0.2, 0.25) is 0 Å². The van der Waals surface area contributed by atoms with Crippen LogP contribution in [0, 0.1) is 0 Å². The zero-order chi connectivity index (χ0) is 20.7. The summed E-state index contributed by atoms with van der Waals surface area (Å²) in [5, 5.41) is 0. The van der Waals surface area contributed by atoms with E-state index >= 15 is 0 Å². The molecule has 3 aromatic carbocycles. The second-order valence-corrected chi connectivity index (χ2v) is 7.56. The van der Waals surface area contributed by atoms with E-state index in [1.165, 1.54) is 0 Å². The lowest BCUT2D eigenvalue weighted by atomic mass is 9.88. The smallest absolute Gasteiger partial charge is 0.318 e. The Kier molecular flexibility index (Phi) is 4.51. The molecule has 0 radical (unpaired) electrons. The van der Waals surface area contributed by atoms with E-state index in [0.717, 1.165) is 28.8 Å². The van der Waals surface area contributed by atoms with Crippen molar-refractivity contribution in [1.29, 1.82) is 0 Å². The fourth-order valence-corrected chi connectivity index (χ4v) is 4.24. The number of carbonyl (C=O) groups excluding carboxylic acids is 2. The van der Waals surface area contributed by atoms with Crippen molar-refractivity contribution in [2.24, 2.45) is 0 Å². The van der Waals surface area contributed by atoms with E-state index in [2.05, 4.69) is 0 Å². The number of esters is 1. The average Bonchev–Trinajstić information content (AvgIpc) is 3.20. The predicted octanol–water partition coefficient (Wildman–Crippen LogP) is 4.45. The minimum atomic E-state index is -0.883. The quantitative estimate of drug-likeness (QED) is 0.611. The van der Waals surface area contributed by atoms with Gasteiger partial charge in [0.1, 0.15) is 17.4 Å². The molecule has 2 aliphatic heterocycles. The molecule has 5 nitrogen and oxygen atoms in total. The van der Waals surface area contributed by atoms with Crippen LogP contribution in [-0.2, 0) is 20.7 Å². The first-order chi connectivity index (χ1) is 14.6. The molecule has 0 fully saturated rings. The van der Waals surface area contributed by atoms with Gasteiger partial charge in [-0.2, -0.15) is 0 Å². The number of hydrogen-bond donors (Lipinski definition) is 0. The molecule has 30 heavy (non-hydrogen) atoms. The summed E-state index contributed by atoms with van der Waals surface area (Å²) in [6.07, 6.45) is -0.0747. The summed E-state index contributed by atoms with van der Waals surface area (Å²) in [5.41, 5.74) is 3.52. The Bertz CT molecular complexity index is 1090. The van der Waals surface area contributed by atoms with Crippen molar-refractivity contribution < 1.29 is 19.1 Å². The predicted molar refractivity (Wildman–Crippen MR) is 113 cm³/mol. The molecule has 2 heterocycles. The third-order valence-electron chi connectivity index (χ3n) is 5.71. The number of rotatable bonds is 3. The van der Waals surface area contributed by atoms with Gasteiger partial charge in [0.25, 0.3) is 5.91 Å². The van der Waals surface area contributed by atoms with Gasteiger partial charge in [0.15, 0.2) is 6.10 Å². The van der Waals surface area contributed by atoms with Gasteiger partial charge in [-0.3, -0.25) is 9.59 Å². The molecule has 1 atom stereocenters. The first-order valence-electron chi connectivity index (χ1n) is 10.1. The van der Waals surface area contributed by atoms with E-state index in [9.17, 15) is 9.59 Å². The first-order valence-corrected chi connectivity index (χ1v) is 10.1. The standard InChI is InChI=1S/C25H21NO4/c1-16(24(27)26-15-14-17-8-2-5-11-20(17)26)29-25(28)23-18-9-3-6-12-21(18)30-22-13-7-4-10-19(22)23/h2-13,16,23H,14-15H2,1H3/t16-/m0/s1. The highest BCUT2D eigenvalue weighted by molar-refractivity contribution is 5.99. The molecule has 2 aliphatic rings. The molecule has 0 aromatic heterocycles. The number of nitrogens with zero attached hydrogens (tertiary/aromatic N) is 1. The lowest BCUT2D eigenvalue weighted by molar-refractivity contribution is -0.154. The topological polar surface area (TPSA) is 55.8 Å². The summed E-state index contributed by atoms with van der Waals surface area (Å²) in [7, 11) is 0. The van der Waals surface area contributed by atoms with E-state index < -0.39 is 18.0 Å². The number of benzene rings is 3. The van der Waals surface area contributed by atoms with Gasteiger partial charge in [-0.1, -0.05) is 54.6 Å². The molecule has 0 unspecified atom stereocenters. The maximum absolute atomic E-state index is 13.3. The molecule has 0 aliphatic carbocycles. The molecule has 150 valence electrons. The number of para-hydroxylation sites is 3. The second-order valence-electron chi connectivity index (χ2n) is 7.56. The average molecular weight is 399 g/mol. The molecular formula is C25H21NO4. The van der Waals surface area contributed by atoms with Crippen LogP contribution in [0.3, 0.4) is 0 Å². The Labute approximate surface area is 174 Å². The molecule has 0 spiro atoms. The fraction of sp³-hybridized carbons (Fsp3) is 0.200. The monoisotopic (exact) mass is 399 g/mol. The first kappa shape index (κ1) is 18.4. The van der Waals surface area contributed by atoms with E-state index in [0.29, 0.717) is 18.0 Å². The number of ether oxygens (including phenoxy) is 2. The third-order valence-corrected chi connectivity index (χ3v) is 5.71. The number of carbonyl (C=O) groups is 2. The summed E-state index contributed by atoms with van der Waals surface area (Å²) < 4.78 is 11.7. The van der Waals surface area contributed by atoms with Crippen LogP contribution < -0.4 is 9.64 Å². The number of anilines is 1. The Morgan fingerprint density at radius 1 is 0.933 bits per heavy atom. The van der Waals surface area contributed by atoms with Crippen molar-refractivity contribution in [3.63, 3.8) is 0 Å². The van der Waals surface area contributed by atoms with E-state index in [1.54, 1.807) is 11.8 Å². The molecule has 0 saturated carbocycles. The van der Waals surface area contributed by atoms with Crippen LogP contribution >= 0.6 is 0 Å². The highest BCUT2D eigenvalue weighted by Crippen LogP contribution is 2.44. The third kappa shape index (κ3) is 3.03. The van der Waals surface area contributed by atoms with Gasteiger partial charge in [0, 0.05) is 23.4 Å². The maximum atomic E-state index is 13.3. The van der Waals surface area contributed by atoms with Gasteiger partial charge >= 0.3 is 5.97 Å². The minimum Gasteiger partial charge on any atom is -0.457 e. The normalized spacial score (nSPS) is 15.4. The summed E-state index contributed by atoms with van der Waals surface area (Å²) in [4.78, 5) is 28.0. The zero-order valence-electron chi connectivity index (χ0n) is 16.6. The van der Waals surface area contributed by atoms with Crippen LogP contribution in [0.2, 0.25) is 0 Å². The van der Waals surface area contributed by atoms with Gasteiger partial charge in [-0.15, -0.1) is 0 Å². The molecule has 0 N–H and O–H groups in total. The second kappa shape index (κ2) is 7.34. The highest BCUT2D eigenvalue weighted by Gasteiger charge is 2.36. The number of amides is 1. The van der Waals surface area contributed by atoms with Gasteiger partial charge in [0.05, 0.1) is 0 Å². The van der Waals surface area contributed by atoms with Crippen LogP contribution in [-0.4, -0.2) is 24.5 Å². The summed E-state index contributed by atoms with van der Waals surface area (Å²) in [6.45, 7) is 2.24.